The normalized spacial score (nSPS) is 18.9. The van der Waals surface area contributed by atoms with Crippen molar-refractivity contribution >= 4 is 24.0 Å². The Morgan fingerprint density at radius 2 is 2.06 bits per heavy atom. The van der Waals surface area contributed by atoms with Gasteiger partial charge in [-0.2, -0.15) is 0 Å². The minimum Gasteiger partial charge on any atom is -0.315 e. The molecule has 0 unspecified atom stereocenters. The van der Waals surface area contributed by atoms with Crippen LogP contribution >= 0.6 is 12.4 Å². The van der Waals surface area contributed by atoms with Gasteiger partial charge in [0.15, 0.2) is 0 Å². The summed E-state index contributed by atoms with van der Waals surface area (Å²) in [6.45, 7) is 2.57. The highest BCUT2D eigenvalue weighted by molar-refractivity contribution is 5.96. The molecule has 0 bridgehead atoms. The van der Waals surface area contributed by atoms with Crippen LogP contribution in [0.3, 0.4) is 0 Å². The maximum absolute atomic E-state index is 12.2. The molecule has 92 valence electrons. The lowest BCUT2D eigenvalue weighted by Crippen LogP contribution is -2.53. The summed E-state index contributed by atoms with van der Waals surface area (Å²) in [5.41, 5.74) is 2.44. The predicted molar refractivity (Wildman–Crippen MR) is 70.7 cm³/mol. The number of carbonyl (C=O) groups excluding carboxylic acids is 1. The first-order valence-electron chi connectivity index (χ1n) is 5.96. The van der Waals surface area contributed by atoms with E-state index in [4.69, 9.17) is 0 Å². The third-order valence-electron chi connectivity index (χ3n) is 3.51. The first-order chi connectivity index (χ1) is 7.86. The van der Waals surface area contributed by atoms with E-state index in [9.17, 15) is 4.79 Å². The van der Waals surface area contributed by atoms with Crippen LogP contribution in [0.25, 0.3) is 0 Å². The van der Waals surface area contributed by atoms with Gasteiger partial charge in [0, 0.05) is 25.3 Å². The van der Waals surface area contributed by atoms with Gasteiger partial charge in [0.25, 0.3) is 0 Å². The molecule has 1 N–H and O–H groups in total. The Labute approximate surface area is 108 Å². The number of benzene rings is 1. The van der Waals surface area contributed by atoms with Gasteiger partial charge in [0.2, 0.25) is 5.91 Å². The summed E-state index contributed by atoms with van der Waals surface area (Å²) in [5.74, 6) is 0.497. The fourth-order valence-corrected chi connectivity index (χ4v) is 2.45. The molecule has 2 aliphatic heterocycles. The molecule has 17 heavy (non-hydrogen) atoms. The van der Waals surface area contributed by atoms with E-state index in [0.29, 0.717) is 5.91 Å². The molecule has 1 aromatic rings. The van der Waals surface area contributed by atoms with Crippen molar-refractivity contribution in [3.8, 4) is 0 Å². The highest BCUT2D eigenvalue weighted by Gasteiger charge is 2.31. The summed E-state index contributed by atoms with van der Waals surface area (Å²) in [6, 6.07) is 8.27. The van der Waals surface area contributed by atoms with E-state index in [-0.39, 0.29) is 18.3 Å². The van der Waals surface area contributed by atoms with Crippen molar-refractivity contribution in [2.45, 2.75) is 12.8 Å². The zero-order chi connectivity index (χ0) is 11.0. The largest absolute Gasteiger partial charge is 0.315 e. The summed E-state index contributed by atoms with van der Waals surface area (Å²) in [6.07, 6.45) is 2.19. The van der Waals surface area contributed by atoms with Crippen molar-refractivity contribution in [2.24, 2.45) is 5.92 Å². The number of amides is 1. The van der Waals surface area contributed by atoms with E-state index in [1.54, 1.807) is 0 Å². The minimum absolute atomic E-state index is 0. The van der Waals surface area contributed by atoms with Crippen LogP contribution in [0.15, 0.2) is 24.3 Å². The van der Waals surface area contributed by atoms with E-state index >= 15 is 0 Å². The number of hydrogen-bond acceptors (Lipinski definition) is 2. The van der Waals surface area contributed by atoms with E-state index in [1.807, 2.05) is 11.0 Å². The Hall–Kier alpha value is -1.06. The number of fused-ring (bicyclic) bond motifs is 1. The van der Waals surface area contributed by atoms with Crippen LogP contribution in [-0.4, -0.2) is 25.5 Å². The molecule has 1 fully saturated rings. The molecule has 0 aromatic heterocycles. The number of anilines is 1. The predicted octanol–water partition coefficient (Wildman–Crippen LogP) is 1.61. The van der Waals surface area contributed by atoms with Gasteiger partial charge in [-0.1, -0.05) is 18.2 Å². The van der Waals surface area contributed by atoms with Gasteiger partial charge >= 0.3 is 0 Å². The SMILES string of the molecule is Cl.O=C(C1CNC1)N1CCCc2ccccc21. The molecule has 3 nitrogen and oxygen atoms in total. The monoisotopic (exact) mass is 252 g/mol. The van der Waals surface area contributed by atoms with Gasteiger partial charge < -0.3 is 10.2 Å². The average Bonchev–Trinajstić information content (AvgIpc) is 2.26. The Morgan fingerprint density at radius 1 is 1.29 bits per heavy atom. The van der Waals surface area contributed by atoms with Crippen LogP contribution in [-0.2, 0) is 11.2 Å². The third-order valence-corrected chi connectivity index (χ3v) is 3.51. The molecule has 1 aromatic carbocycles. The topological polar surface area (TPSA) is 32.3 Å². The van der Waals surface area contributed by atoms with Gasteiger partial charge in [-0.25, -0.2) is 0 Å². The molecule has 4 heteroatoms. The number of carbonyl (C=O) groups is 1. The van der Waals surface area contributed by atoms with Gasteiger partial charge in [0.05, 0.1) is 5.92 Å². The van der Waals surface area contributed by atoms with Crippen molar-refractivity contribution in [3.63, 3.8) is 0 Å². The molecular weight excluding hydrogens is 236 g/mol. The Bertz CT molecular complexity index is 418. The van der Waals surface area contributed by atoms with E-state index in [1.165, 1.54) is 5.56 Å². The number of hydrogen-bond donors (Lipinski definition) is 1. The maximum Gasteiger partial charge on any atom is 0.232 e. The van der Waals surface area contributed by atoms with E-state index < -0.39 is 0 Å². The molecule has 2 heterocycles. The molecular formula is C13H17ClN2O. The zero-order valence-corrected chi connectivity index (χ0v) is 10.5. The second-order valence-corrected chi connectivity index (χ2v) is 4.58. The van der Waals surface area contributed by atoms with E-state index in [2.05, 4.69) is 23.5 Å². The summed E-state index contributed by atoms with van der Waals surface area (Å²) in [7, 11) is 0. The van der Waals surface area contributed by atoms with Crippen LogP contribution < -0.4 is 10.2 Å². The average molecular weight is 253 g/mol. The first-order valence-corrected chi connectivity index (χ1v) is 5.96. The zero-order valence-electron chi connectivity index (χ0n) is 9.69. The number of rotatable bonds is 1. The molecule has 2 aliphatic rings. The lowest BCUT2D eigenvalue weighted by molar-refractivity contribution is -0.123. The quantitative estimate of drug-likeness (QED) is 0.824. The van der Waals surface area contributed by atoms with Crippen LogP contribution in [0.2, 0.25) is 0 Å². The molecule has 1 saturated heterocycles. The highest BCUT2D eigenvalue weighted by Crippen LogP contribution is 2.28. The summed E-state index contributed by atoms with van der Waals surface area (Å²) in [4.78, 5) is 14.2. The van der Waals surface area contributed by atoms with Crippen LogP contribution in [0, 0.1) is 5.92 Å². The number of nitrogens with zero attached hydrogens (tertiary/aromatic N) is 1. The fraction of sp³-hybridized carbons (Fsp3) is 0.462. The highest BCUT2D eigenvalue weighted by atomic mass is 35.5. The Kier molecular flexibility index (Phi) is 3.69. The standard InChI is InChI=1S/C13H16N2O.ClH/c16-13(11-8-14-9-11)15-7-3-5-10-4-1-2-6-12(10)15;/h1-2,4,6,11,14H,3,5,7-9H2;1H. The maximum atomic E-state index is 12.2. The lowest BCUT2D eigenvalue weighted by Gasteiger charge is -2.35. The first kappa shape index (κ1) is 12.4. The molecule has 1 amide bonds. The van der Waals surface area contributed by atoms with Gasteiger partial charge in [-0.05, 0) is 24.5 Å². The van der Waals surface area contributed by atoms with Crippen LogP contribution in [0.5, 0.6) is 0 Å². The molecule has 0 atom stereocenters. The molecule has 0 aliphatic carbocycles. The number of aryl methyl sites for hydroxylation is 1. The Morgan fingerprint density at radius 3 is 2.76 bits per heavy atom. The van der Waals surface area contributed by atoms with Crippen LogP contribution in [0.4, 0.5) is 5.69 Å². The van der Waals surface area contributed by atoms with Crippen LogP contribution in [0.1, 0.15) is 12.0 Å². The third kappa shape index (κ3) is 2.17. The van der Waals surface area contributed by atoms with Crippen molar-refractivity contribution < 1.29 is 4.79 Å². The molecule has 0 spiro atoms. The summed E-state index contributed by atoms with van der Waals surface area (Å²) >= 11 is 0. The number of halogens is 1. The van der Waals surface area contributed by atoms with Gasteiger partial charge in [-0.3, -0.25) is 4.79 Å². The number of para-hydroxylation sites is 1. The molecule has 0 radical (unpaired) electrons. The second-order valence-electron chi connectivity index (χ2n) is 4.58. The molecule has 0 saturated carbocycles. The van der Waals surface area contributed by atoms with Gasteiger partial charge in [0.1, 0.15) is 0 Å². The lowest BCUT2D eigenvalue weighted by atomic mass is 9.97. The fourth-order valence-electron chi connectivity index (χ4n) is 2.45. The summed E-state index contributed by atoms with van der Waals surface area (Å²) in [5, 5.41) is 3.16. The van der Waals surface area contributed by atoms with Crippen molar-refractivity contribution in [1.29, 1.82) is 0 Å². The van der Waals surface area contributed by atoms with Gasteiger partial charge in [-0.15, -0.1) is 12.4 Å². The van der Waals surface area contributed by atoms with Crippen molar-refractivity contribution in [2.75, 3.05) is 24.5 Å². The van der Waals surface area contributed by atoms with E-state index in [0.717, 1.165) is 38.2 Å². The smallest absolute Gasteiger partial charge is 0.232 e. The molecule has 3 rings (SSSR count). The summed E-state index contributed by atoms with van der Waals surface area (Å²) < 4.78 is 0. The minimum atomic E-state index is 0. The second kappa shape index (κ2) is 5.07. The van der Waals surface area contributed by atoms with Crippen molar-refractivity contribution in [1.82, 2.24) is 5.32 Å². The number of nitrogens with one attached hydrogen (secondary N) is 1. The van der Waals surface area contributed by atoms with Crippen molar-refractivity contribution in [3.05, 3.63) is 29.8 Å². The Balaban J connectivity index is 0.00000108.